The Balaban J connectivity index is 1.99. The Morgan fingerprint density at radius 2 is 2.09 bits per heavy atom. The van der Waals surface area contributed by atoms with Crippen LogP contribution in [0.15, 0.2) is 47.6 Å². The van der Waals surface area contributed by atoms with Gasteiger partial charge in [0.1, 0.15) is 5.82 Å². The van der Waals surface area contributed by atoms with E-state index in [2.05, 4.69) is 15.8 Å². The lowest BCUT2D eigenvalue weighted by atomic mass is 10.1. The molecule has 2 N–H and O–H groups in total. The van der Waals surface area contributed by atoms with E-state index in [4.69, 9.17) is 12.2 Å². The number of thiocarbonyl (C=S) groups is 1. The summed E-state index contributed by atoms with van der Waals surface area (Å²) >= 11 is 4.99. The Labute approximate surface area is 137 Å². The minimum atomic E-state index is -0.454. The van der Waals surface area contributed by atoms with E-state index in [1.165, 1.54) is 24.4 Å². The molecule has 0 atom stereocenters. The number of rotatable bonds is 4. The molecule has 0 aliphatic carbocycles. The van der Waals surface area contributed by atoms with E-state index in [1.807, 2.05) is 0 Å². The number of nitrogens with one attached hydrogen (secondary N) is 2. The maximum Gasteiger partial charge on any atom is 0.272 e. The molecule has 6 nitrogen and oxygen atoms in total. The molecular formula is C15H13FN4O2S. The fourth-order valence-corrected chi connectivity index (χ4v) is 1.94. The molecule has 0 spiro atoms. The number of nitro benzene ring substituents is 1. The minimum Gasteiger partial charge on any atom is -0.329 e. The predicted molar refractivity (Wildman–Crippen MR) is 91.2 cm³/mol. The lowest BCUT2D eigenvalue weighted by Crippen LogP contribution is -2.24. The molecule has 0 saturated carbocycles. The van der Waals surface area contributed by atoms with Crippen molar-refractivity contribution in [3.8, 4) is 0 Å². The molecule has 0 fully saturated rings. The molecular weight excluding hydrogens is 319 g/mol. The number of hydrogen-bond donors (Lipinski definition) is 2. The topological polar surface area (TPSA) is 79.6 Å². The van der Waals surface area contributed by atoms with Crippen LogP contribution in [0.1, 0.15) is 11.1 Å². The highest BCUT2D eigenvalue weighted by Gasteiger charge is 2.09. The third kappa shape index (κ3) is 4.55. The minimum absolute atomic E-state index is 0.0148. The Hall–Kier alpha value is -2.87. The molecule has 2 aromatic carbocycles. The smallest absolute Gasteiger partial charge is 0.272 e. The second-order valence-electron chi connectivity index (χ2n) is 4.61. The van der Waals surface area contributed by atoms with E-state index in [0.29, 0.717) is 11.1 Å². The van der Waals surface area contributed by atoms with Crippen LogP contribution in [0.5, 0.6) is 0 Å². The van der Waals surface area contributed by atoms with E-state index in [0.717, 1.165) is 0 Å². The van der Waals surface area contributed by atoms with Gasteiger partial charge in [-0.1, -0.05) is 24.3 Å². The number of aryl methyl sites for hydroxylation is 1. The summed E-state index contributed by atoms with van der Waals surface area (Å²) in [6.07, 6.45) is 1.39. The van der Waals surface area contributed by atoms with E-state index in [9.17, 15) is 14.5 Å². The first-order valence-corrected chi connectivity index (χ1v) is 6.98. The third-order valence-electron chi connectivity index (χ3n) is 2.93. The summed E-state index contributed by atoms with van der Waals surface area (Å²) in [7, 11) is 0. The molecule has 0 bridgehead atoms. The zero-order valence-corrected chi connectivity index (χ0v) is 12.9. The van der Waals surface area contributed by atoms with Gasteiger partial charge in [-0.15, -0.1) is 0 Å². The number of anilines is 1. The third-order valence-corrected chi connectivity index (χ3v) is 3.13. The van der Waals surface area contributed by atoms with Crippen LogP contribution in [0.2, 0.25) is 0 Å². The monoisotopic (exact) mass is 332 g/mol. The second kappa shape index (κ2) is 7.41. The first-order valence-electron chi connectivity index (χ1n) is 6.57. The normalized spacial score (nSPS) is 10.5. The van der Waals surface area contributed by atoms with Crippen LogP contribution >= 0.6 is 12.2 Å². The fourth-order valence-electron chi connectivity index (χ4n) is 1.78. The molecule has 0 aliphatic rings. The molecule has 0 aromatic heterocycles. The van der Waals surface area contributed by atoms with Gasteiger partial charge in [0, 0.05) is 17.2 Å². The quantitative estimate of drug-likeness (QED) is 0.388. The van der Waals surface area contributed by atoms with Crippen LogP contribution in [-0.2, 0) is 0 Å². The number of hydrazone groups is 1. The molecule has 0 saturated heterocycles. The van der Waals surface area contributed by atoms with Crippen LogP contribution in [-0.4, -0.2) is 16.3 Å². The molecule has 0 radical (unpaired) electrons. The Bertz CT molecular complexity index is 780. The Morgan fingerprint density at radius 1 is 1.35 bits per heavy atom. The maximum absolute atomic E-state index is 13.4. The van der Waals surface area contributed by atoms with Gasteiger partial charge in [0.15, 0.2) is 5.11 Å². The van der Waals surface area contributed by atoms with Gasteiger partial charge in [-0.05, 0) is 31.3 Å². The van der Waals surface area contributed by atoms with E-state index in [-0.39, 0.29) is 16.5 Å². The fraction of sp³-hybridized carbons (Fsp3) is 0.0667. The maximum atomic E-state index is 13.4. The van der Waals surface area contributed by atoms with Gasteiger partial charge >= 0.3 is 0 Å². The van der Waals surface area contributed by atoms with Gasteiger partial charge in [0.25, 0.3) is 5.69 Å². The standard InChI is InChI=1S/C15H13FN4O2S/c1-10-6-7-11(8-14(10)20(21)22)9-17-19-15(23)18-13-5-3-2-4-12(13)16/h2-9H,1H3,(H2,18,19,23)/b17-9-. The molecule has 23 heavy (non-hydrogen) atoms. The summed E-state index contributed by atoms with van der Waals surface area (Å²) in [6, 6.07) is 10.8. The van der Waals surface area contributed by atoms with Crippen molar-refractivity contribution in [1.29, 1.82) is 0 Å². The van der Waals surface area contributed by atoms with Crippen molar-refractivity contribution in [2.75, 3.05) is 5.32 Å². The van der Waals surface area contributed by atoms with E-state index >= 15 is 0 Å². The van der Waals surface area contributed by atoms with Gasteiger partial charge < -0.3 is 5.32 Å². The largest absolute Gasteiger partial charge is 0.329 e. The number of para-hydroxylation sites is 1. The number of nitro groups is 1. The molecule has 0 amide bonds. The van der Waals surface area contributed by atoms with Crippen LogP contribution in [0.3, 0.4) is 0 Å². The van der Waals surface area contributed by atoms with Gasteiger partial charge in [-0.25, -0.2) is 4.39 Å². The first kappa shape index (κ1) is 16.5. The highest BCUT2D eigenvalue weighted by atomic mass is 32.1. The van der Waals surface area contributed by atoms with Crippen molar-refractivity contribution in [1.82, 2.24) is 5.43 Å². The van der Waals surface area contributed by atoms with Crippen molar-refractivity contribution in [3.63, 3.8) is 0 Å². The predicted octanol–water partition coefficient (Wildman–Crippen LogP) is 3.36. The summed E-state index contributed by atoms with van der Waals surface area (Å²) in [5, 5.41) is 17.5. The van der Waals surface area contributed by atoms with E-state index in [1.54, 1.807) is 31.2 Å². The van der Waals surface area contributed by atoms with Crippen molar-refractivity contribution in [2.24, 2.45) is 5.10 Å². The van der Waals surface area contributed by atoms with Gasteiger partial charge in [-0.2, -0.15) is 5.10 Å². The molecule has 118 valence electrons. The summed E-state index contributed by atoms with van der Waals surface area (Å²) in [5.74, 6) is -0.435. The Morgan fingerprint density at radius 3 is 2.78 bits per heavy atom. The number of hydrogen-bond acceptors (Lipinski definition) is 4. The molecule has 2 aromatic rings. The number of halogens is 1. The Kier molecular flexibility index (Phi) is 5.32. The van der Waals surface area contributed by atoms with Crippen LogP contribution in [0, 0.1) is 22.9 Å². The van der Waals surface area contributed by atoms with Gasteiger partial charge in [-0.3, -0.25) is 15.5 Å². The first-order chi connectivity index (χ1) is 11.0. The highest BCUT2D eigenvalue weighted by Crippen LogP contribution is 2.18. The van der Waals surface area contributed by atoms with E-state index < -0.39 is 10.7 Å². The average molecular weight is 332 g/mol. The van der Waals surface area contributed by atoms with Crippen molar-refractivity contribution < 1.29 is 9.31 Å². The average Bonchev–Trinajstić information content (AvgIpc) is 2.51. The number of nitrogens with zero attached hydrogens (tertiary/aromatic N) is 2. The van der Waals surface area contributed by atoms with Crippen LogP contribution in [0.25, 0.3) is 0 Å². The van der Waals surface area contributed by atoms with Crippen LogP contribution < -0.4 is 10.7 Å². The molecule has 0 heterocycles. The van der Waals surface area contributed by atoms with Crippen molar-refractivity contribution >= 4 is 34.9 Å². The van der Waals surface area contributed by atoms with Crippen molar-refractivity contribution in [3.05, 3.63) is 69.5 Å². The summed E-state index contributed by atoms with van der Waals surface area (Å²) < 4.78 is 13.4. The van der Waals surface area contributed by atoms with Gasteiger partial charge in [0.2, 0.25) is 0 Å². The molecule has 8 heteroatoms. The highest BCUT2D eigenvalue weighted by molar-refractivity contribution is 7.80. The van der Waals surface area contributed by atoms with Crippen LogP contribution in [0.4, 0.5) is 15.8 Å². The van der Waals surface area contributed by atoms with Crippen molar-refractivity contribution in [2.45, 2.75) is 6.92 Å². The van der Waals surface area contributed by atoms with Gasteiger partial charge in [0.05, 0.1) is 16.8 Å². The lowest BCUT2D eigenvalue weighted by Gasteiger charge is -2.07. The second-order valence-corrected chi connectivity index (χ2v) is 5.02. The molecule has 2 rings (SSSR count). The summed E-state index contributed by atoms with van der Waals surface area (Å²) in [6.45, 7) is 1.66. The summed E-state index contributed by atoms with van der Waals surface area (Å²) in [5.41, 5.74) is 3.88. The lowest BCUT2D eigenvalue weighted by molar-refractivity contribution is -0.385. The summed E-state index contributed by atoms with van der Waals surface area (Å²) in [4.78, 5) is 10.4. The zero-order chi connectivity index (χ0) is 16.8. The zero-order valence-electron chi connectivity index (χ0n) is 12.1. The molecule has 0 aliphatic heterocycles. The molecule has 0 unspecified atom stereocenters. The number of benzene rings is 2. The SMILES string of the molecule is Cc1ccc(/C=N\NC(=S)Nc2ccccc2F)cc1[N+](=O)[O-].